The number of hydrogen-bond donors (Lipinski definition) is 2. The van der Waals surface area contributed by atoms with Crippen LogP contribution in [0.25, 0.3) is 0 Å². The second-order valence-corrected chi connectivity index (χ2v) is 5.07. The van der Waals surface area contributed by atoms with E-state index in [-0.39, 0.29) is 11.2 Å². The molecule has 1 aromatic heterocycles. The molecular weight excluding hydrogens is 253 g/mol. The highest BCUT2D eigenvalue weighted by atomic mass is 32.1. The van der Waals surface area contributed by atoms with Crippen LogP contribution in [-0.2, 0) is 6.18 Å². The quantitative estimate of drug-likeness (QED) is 0.879. The van der Waals surface area contributed by atoms with Crippen LogP contribution < -0.4 is 11.1 Å². The van der Waals surface area contributed by atoms with Crippen molar-refractivity contribution in [3.63, 3.8) is 0 Å². The molecule has 0 aromatic carbocycles. The van der Waals surface area contributed by atoms with E-state index in [4.69, 9.17) is 5.73 Å². The Kier molecular flexibility index (Phi) is 3.53. The lowest BCUT2D eigenvalue weighted by Crippen LogP contribution is -2.29. The Labute approximate surface area is 100 Å². The molecule has 17 heavy (non-hydrogen) atoms. The van der Waals surface area contributed by atoms with Crippen molar-refractivity contribution in [1.29, 1.82) is 0 Å². The van der Waals surface area contributed by atoms with E-state index in [0.29, 0.717) is 23.8 Å². The highest BCUT2D eigenvalue weighted by Crippen LogP contribution is 2.34. The van der Waals surface area contributed by atoms with Crippen molar-refractivity contribution in [1.82, 2.24) is 10.2 Å². The van der Waals surface area contributed by atoms with Crippen molar-refractivity contribution in [2.75, 3.05) is 11.9 Å². The Morgan fingerprint density at radius 3 is 2.71 bits per heavy atom. The average Bonchev–Trinajstić information content (AvgIpc) is 2.86. The van der Waals surface area contributed by atoms with E-state index >= 15 is 0 Å². The third kappa shape index (κ3) is 2.86. The minimum atomic E-state index is -4.42. The zero-order valence-corrected chi connectivity index (χ0v) is 9.81. The van der Waals surface area contributed by atoms with Crippen LogP contribution in [0.1, 0.15) is 24.3 Å². The lowest BCUT2D eigenvalue weighted by atomic mass is 10.0. The van der Waals surface area contributed by atoms with Gasteiger partial charge in [-0.15, -0.1) is 10.2 Å². The average molecular weight is 266 g/mol. The number of halogens is 3. The summed E-state index contributed by atoms with van der Waals surface area (Å²) in [5, 5.41) is 8.95. The zero-order valence-electron chi connectivity index (χ0n) is 9.00. The van der Waals surface area contributed by atoms with Gasteiger partial charge in [-0.25, -0.2) is 0 Å². The summed E-state index contributed by atoms with van der Waals surface area (Å²) in [6.07, 6.45) is -1.44. The van der Waals surface area contributed by atoms with Gasteiger partial charge in [-0.2, -0.15) is 13.2 Å². The fourth-order valence-electron chi connectivity index (χ4n) is 2.06. The first-order valence-corrected chi connectivity index (χ1v) is 6.19. The summed E-state index contributed by atoms with van der Waals surface area (Å²) >= 11 is 0.540. The lowest BCUT2D eigenvalue weighted by Gasteiger charge is -2.18. The predicted molar refractivity (Wildman–Crippen MR) is 58.7 cm³/mol. The molecule has 1 aromatic rings. The van der Waals surface area contributed by atoms with Crippen LogP contribution >= 0.6 is 11.3 Å². The van der Waals surface area contributed by atoms with Crippen LogP contribution in [-0.4, -0.2) is 22.8 Å². The normalized spacial score (nSPS) is 25.2. The van der Waals surface area contributed by atoms with E-state index in [0.717, 1.165) is 19.3 Å². The predicted octanol–water partition coefficient (Wildman–Crippen LogP) is 2.10. The maximum absolute atomic E-state index is 12.3. The molecule has 3 N–H and O–H groups in total. The van der Waals surface area contributed by atoms with Crippen molar-refractivity contribution in [2.24, 2.45) is 11.7 Å². The van der Waals surface area contributed by atoms with E-state index in [1.165, 1.54) is 0 Å². The zero-order chi connectivity index (χ0) is 12.5. The van der Waals surface area contributed by atoms with E-state index in [2.05, 4.69) is 15.5 Å². The van der Waals surface area contributed by atoms with E-state index < -0.39 is 11.2 Å². The molecule has 2 unspecified atom stereocenters. The fourth-order valence-corrected chi connectivity index (χ4v) is 2.74. The number of rotatable bonds is 3. The van der Waals surface area contributed by atoms with Crippen LogP contribution in [0.2, 0.25) is 0 Å². The molecule has 1 fully saturated rings. The molecule has 0 spiro atoms. The first-order chi connectivity index (χ1) is 8.00. The van der Waals surface area contributed by atoms with Gasteiger partial charge >= 0.3 is 6.18 Å². The van der Waals surface area contributed by atoms with E-state index in [1.807, 2.05) is 0 Å². The summed E-state index contributed by atoms with van der Waals surface area (Å²) < 4.78 is 37.0. The molecule has 0 saturated heterocycles. The van der Waals surface area contributed by atoms with Crippen molar-refractivity contribution in [3.8, 4) is 0 Å². The topological polar surface area (TPSA) is 63.8 Å². The Hall–Kier alpha value is -0.890. The number of nitrogens with two attached hydrogens (primary N) is 1. The van der Waals surface area contributed by atoms with Crippen LogP contribution in [0.3, 0.4) is 0 Å². The molecule has 1 saturated carbocycles. The van der Waals surface area contributed by atoms with Gasteiger partial charge in [0.25, 0.3) is 0 Å². The van der Waals surface area contributed by atoms with Crippen LogP contribution in [0.5, 0.6) is 0 Å². The number of aromatic nitrogens is 2. The highest BCUT2D eigenvalue weighted by molar-refractivity contribution is 7.15. The maximum Gasteiger partial charge on any atom is 0.445 e. The molecule has 0 radical (unpaired) electrons. The molecule has 8 heteroatoms. The number of anilines is 1. The fraction of sp³-hybridized carbons (Fsp3) is 0.778. The molecule has 1 aliphatic carbocycles. The molecule has 4 nitrogen and oxygen atoms in total. The van der Waals surface area contributed by atoms with E-state index in [1.54, 1.807) is 0 Å². The first-order valence-electron chi connectivity index (χ1n) is 5.38. The molecule has 1 heterocycles. The van der Waals surface area contributed by atoms with Crippen LogP contribution in [0.15, 0.2) is 0 Å². The summed E-state index contributed by atoms with van der Waals surface area (Å²) in [6, 6.07) is 0.119. The standard InChI is InChI=1S/C9H13F3N4S/c10-9(11,12)7-15-16-8(17-7)14-6-3-1-2-5(6)4-13/h5-6H,1-4,13H2,(H,14,16). The van der Waals surface area contributed by atoms with Gasteiger partial charge < -0.3 is 11.1 Å². The van der Waals surface area contributed by atoms with Crippen molar-refractivity contribution >= 4 is 16.5 Å². The van der Waals surface area contributed by atoms with Gasteiger partial charge in [0.2, 0.25) is 10.1 Å². The molecule has 96 valence electrons. The SMILES string of the molecule is NCC1CCCC1Nc1nnc(C(F)(F)F)s1. The summed E-state index contributed by atoms with van der Waals surface area (Å²) in [5.74, 6) is 0.313. The maximum atomic E-state index is 12.3. The van der Waals surface area contributed by atoms with Crippen LogP contribution in [0, 0.1) is 5.92 Å². The van der Waals surface area contributed by atoms with Gasteiger partial charge in [0.1, 0.15) is 0 Å². The molecule has 0 amide bonds. The minimum Gasteiger partial charge on any atom is -0.357 e. The molecular formula is C9H13F3N4S. The minimum absolute atomic E-state index is 0.119. The molecule has 2 rings (SSSR count). The number of alkyl halides is 3. The number of hydrogen-bond acceptors (Lipinski definition) is 5. The second kappa shape index (κ2) is 4.77. The van der Waals surface area contributed by atoms with Gasteiger partial charge in [-0.1, -0.05) is 17.8 Å². The first kappa shape index (κ1) is 12.6. The molecule has 2 atom stereocenters. The molecule has 0 aliphatic heterocycles. The Balaban J connectivity index is 2.02. The summed E-state index contributed by atoms with van der Waals surface area (Å²) in [7, 11) is 0. The van der Waals surface area contributed by atoms with Crippen molar-refractivity contribution < 1.29 is 13.2 Å². The monoisotopic (exact) mass is 266 g/mol. The smallest absolute Gasteiger partial charge is 0.357 e. The van der Waals surface area contributed by atoms with Gasteiger partial charge in [0.05, 0.1) is 0 Å². The van der Waals surface area contributed by atoms with Gasteiger partial charge in [-0.3, -0.25) is 0 Å². The third-order valence-corrected chi connectivity index (χ3v) is 3.84. The largest absolute Gasteiger partial charge is 0.445 e. The molecule has 0 bridgehead atoms. The number of nitrogens with zero attached hydrogens (tertiary/aromatic N) is 2. The summed E-state index contributed by atoms with van der Waals surface area (Å²) in [5.41, 5.74) is 5.60. The Morgan fingerprint density at radius 1 is 1.35 bits per heavy atom. The van der Waals surface area contributed by atoms with Gasteiger partial charge in [-0.05, 0) is 25.3 Å². The van der Waals surface area contributed by atoms with Crippen LogP contribution in [0.4, 0.5) is 18.3 Å². The third-order valence-electron chi connectivity index (χ3n) is 2.94. The summed E-state index contributed by atoms with van der Waals surface area (Å²) in [6.45, 7) is 0.544. The number of nitrogens with one attached hydrogen (secondary N) is 1. The lowest BCUT2D eigenvalue weighted by molar-refractivity contribution is -0.138. The molecule has 1 aliphatic rings. The Morgan fingerprint density at radius 2 is 2.12 bits per heavy atom. The van der Waals surface area contributed by atoms with Crippen molar-refractivity contribution in [3.05, 3.63) is 5.01 Å². The van der Waals surface area contributed by atoms with Gasteiger partial charge in [0, 0.05) is 6.04 Å². The van der Waals surface area contributed by atoms with Crippen molar-refractivity contribution in [2.45, 2.75) is 31.5 Å². The van der Waals surface area contributed by atoms with Gasteiger partial charge in [0.15, 0.2) is 0 Å². The second-order valence-electron chi connectivity index (χ2n) is 4.09. The summed E-state index contributed by atoms with van der Waals surface area (Å²) in [4.78, 5) is 0. The Bertz CT molecular complexity index is 379. The highest BCUT2D eigenvalue weighted by Gasteiger charge is 2.36. The van der Waals surface area contributed by atoms with E-state index in [9.17, 15) is 13.2 Å².